The van der Waals surface area contributed by atoms with Crippen molar-refractivity contribution in [2.24, 2.45) is 5.73 Å². The van der Waals surface area contributed by atoms with Gasteiger partial charge in [0.05, 0.1) is 6.10 Å². The van der Waals surface area contributed by atoms with Gasteiger partial charge < -0.3 is 37.0 Å². The molecule has 11 nitrogen and oxygen atoms in total. The second-order valence-electron chi connectivity index (χ2n) is 8.53. The van der Waals surface area contributed by atoms with Crippen LogP contribution in [0.3, 0.4) is 0 Å². The summed E-state index contributed by atoms with van der Waals surface area (Å²) < 4.78 is 0. The van der Waals surface area contributed by atoms with E-state index < -0.39 is 54.0 Å². The van der Waals surface area contributed by atoms with Gasteiger partial charge in [-0.3, -0.25) is 14.4 Å². The van der Waals surface area contributed by atoms with Crippen LogP contribution in [-0.2, 0) is 32.0 Å². The topological polar surface area (TPSA) is 191 Å². The van der Waals surface area contributed by atoms with E-state index in [9.17, 15) is 34.5 Å². The number of rotatable bonds is 13. The molecule has 0 fully saturated rings. The number of carboxylic acids is 1. The fraction of sp³-hybridized carbons (Fsp3) is 0.360. The summed E-state index contributed by atoms with van der Waals surface area (Å²) in [4.78, 5) is 50.3. The molecule has 2 rings (SSSR count). The average molecular weight is 533 g/mol. The zero-order chi connectivity index (χ0) is 27.5. The Morgan fingerprint density at radius 3 is 1.73 bits per heavy atom. The summed E-state index contributed by atoms with van der Waals surface area (Å²) in [5, 5.41) is 36.0. The second-order valence-corrected chi connectivity index (χ2v) is 8.90. The number of nitrogens with one attached hydrogen (secondary N) is 3. The van der Waals surface area contributed by atoms with Crippen LogP contribution in [0.2, 0.25) is 0 Å². The summed E-state index contributed by atoms with van der Waals surface area (Å²) in [6.45, 7) is 1.33. The monoisotopic (exact) mass is 532 g/mol. The molecule has 0 saturated carbocycles. The highest BCUT2D eigenvalue weighted by Crippen LogP contribution is 2.12. The van der Waals surface area contributed by atoms with Crippen molar-refractivity contribution in [3.63, 3.8) is 0 Å². The number of carboxylic acid groups (broad SMARTS) is 1. The van der Waals surface area contributed by atoms with Gasteiger partial charge >= 0.3 is 5.97 Å². The maximum Gasteiger partial charge on any atom is 0.327 e. The number of aliphatic hydroxyl groups is 1. The van der Waals surface area contributed by atoms with Crippen LogP contribution in [0.1, 0.15) is 18.1 Å². The minimum atomic E-state index is -1.30. The van der Waals surface area contributed by atoms with Crippen molar-refractivity contribution in [3.8, 4) is 5.75 Å². The van der Waals surface area contributed by atoms with Crippen molar-refractivity contribution in [2.45, 2.75) is 50.0 Å². The number of aliphatic carboxylic acids is 1. The first kappa shape index (κ1) is 29.6. The fourth-order valence-corrected chi connectivity index (χ4v) is 3.60. The van der Waals surface area contributed by atoms with Gasteiger partial charge in [0, 0.05) is 18.6 Å². The zero-order valence-electron chi connectivity index (χ0n) is 20.2. The summed E-state index contributed by atoms with van der Waals surface area (Å²) in [6.07, 6.45) is -1.15. The quantitative estimate of drug-likeness (QED) is 0.156. The number of hydrogen-bond donors (Lipinski definition) is 8. The molecule has 0 aliphatic rings. The van der Waals surface area contributed by atoms with Crippen molar-refractivity contribution >= 4 is 36.3 Å². The number of aromatic hydroxyl groups is 1. The van der Waals surface area contributed by atoms with E-state index in [1.807, 2.05) is 0 Å². The van der Waals surface area contributed by atoms with Gasteiger partial charge in [-0.15, -0.1) is 0 Å². The number of nitrogens with two attached hydrogens (primary N) is 1. The van der Waals surface area contributed by atoms with E-state index in [-0.39, 0.29) is 24.3 Å². The molecule has 0 aromatic heterocycles. The van der Waals surface area contributed by atoms with Crippen LogP contribution in [0.15, 0.2) is 54.6 Å². The first-order valence-electron chi connectivity index (χ1n) is 11.5. The number of amides is 3. The summed E-state index contributed by atoms with van der Waals surface area (Å²) in [6, 6.07) is 9.80. The van der Waals surface area contributed by atoms with E-state index in [1.165, 1.54) is 19.1 Å². The molecular weight excluding hydrogens is 500 g/mol. The number of phenolic OH excluding ortho intramolecular Hbond substituents is 1. The molecule has 2 aromatic rings. The lowest BCUT2D eigenvalue weighted by Crippen LogP contribution is -2.59. The molecule has 200 valence electrons. The molecule has 0 bridgehead atoms. The first-order valence-corrected chi connectivity index (χ1v) is 12.1. The Kier molecular flexibility index (Phi) is 11.4. The van der Waals surface area contributed by atoms with E-state index >= 15 is 0 Å². The number of aliphatic hydroxyl groups excluding tert-OH is 1. The summed E-state index contributed by atoms with van der Waals surface area (Å²) >= 11 is 3.96. The van der Waals surface area contributed by atoms with Gasteiger partial charge in [-0.05, 0) is 30.2 Å². The number of benzene rings is 2. The predicted octanol–water partition coefficient (Wildman–Crippen LogP) is -0.646. The number of phenols is 1. The average Bonchev–Trinajstić information content (AvgIpc) is 2.87. The molecule has 12 heteroatoms. The Morgan fingerprint density at radius 2 is 1.27 bits per heavy atom. The van der Waals surface area contributed by atoms with Gasteiger partial charge in [-0.2, -0.15) is 12.6 Å². The van der Waals surface area contributed by atoms with Gasteiger partial charge in [0.15, 0.2) is 0 Å². The largest absolute Gasteiger partial charge is 0.508 e. The molecule has 5 unspecified atom stereocenters. The van der Waals surface area contributed by atoms with Crippen LogP contribution in [0, 0.1) is 0 Å². The van der Waals surface area contributed by atoms with Crippen molar-refractivity contribution in [2.75, 3.05) is 5.75 Å². The van der Waals surface area contributed by atoms with E-state index in [1.54, 1.807) is 42.5 Å². The predicted molar refractivity (Wildman–Crippen MR) is 139 cm³/mol. The maximum absolute atomic E-state index is 13.3. The van der Waals surface area contributed by atoms with Crippen LogP contribution in [0.25, 0.3) is 0 Å². The highest BCUT2D eigenvalue weighted by atomic mass is 32.1. The van der Waals surface area contributed by atoms with Gasteiger partial charge in [0.1, 0.15) is 29.9 Å². The molecule has 0 spiro atoms. The molecule has 0 saturated heterocycles. The molecule has 0 radical (unpaired) electrons. The standard InChI is InChI=1S/C25H32N4O7S/c1-14(30)21(26)24(34)28-19(12-16-7-9-17(31)10-8-16)22(32)27-18(11-15-5-3-2-4-6-15)23(33)29-20(13-37)25(35)36/h2-10,14,18-21,30-31,37H,11-13,26H2,1H3,(H,27,32)(H,28,34)(H,29,33)(H,35,36). The van der Waals surface area contributed by atoms with Gasteiger partial charge in [0.2, 0.25) is 17.7 Å². The molecule has 0 heterocycles. The normalized spacial score (nSPS) is 14.9. The summed E-state index contributed by atoms with van der Waals surface area (Å²) in [5.41, 5.74) is 7.01. The fourth-order valence-electron chi connectivity index (χ4n) is 3.35. The molecule has 3 amide bonds. The first-order chi connectivity index (χ1) is 17.5. The molecule has 8 N–H and O–H groups in total. The van der Waals surface area contributed by atoms with Crippen molar-refractivity contribution in [1.82, 2.24) is 16.0 Å². The van der Waals surface area contributed by atoms with Crippen LogP contribution in [0.5, 0.6) is 5.75 Å². The van der Waals surface area contributed by atoms with E-state index in [0.29, 0.717) is 11.1 Å². The van der Waals surface area contributed by atoms with Gasteiger partial charge in [0.25, 0.3) is 0 Å². The zero-order valence-corrected chi connectivity index (χ0v) is 21.1. The molecule has 37 heavy (non-hydrogen) atoms. The molecule has 2 aromatic carbocycles. The number of carbonyl (C=O) groups is 4. The van der Waals surface area contributed by atoms with Gasteiger partial charge in [-0.25, -0.2) is 4.79 Å². The third-order valence-corrected chi connectivity index (χ3v) is 5.91. The lowest BCUT2D eigenvalue weighted by atomic mass is 10.0. The Morgan fingerprint density at radius 1 is 0.811 bits per heavy atom. The highest BCUT2D eigenvalue weighted by molar-refractivity contribution is 7.80. The van der Waals surface area contributed by atoms with Crippen LogP contribution in [0.4, 0.5) is 0 Å². The number of carbonyl (C=O) groups excluding carboxylic acids is 3. The van der Waals surface area contributed by atoms with E-state index in [2.05, 4.69) is 28.6 Å². The van der Waals surface area contributed by atoms with E-state index in [4.69, 9.17) is 5.73 Å². The Balaban J connectivity index is 2.30. The van der Waals surface area contributed by atoms with Crippen LogP contribution < -0.4 is 21.7 Å². The third-order valence-electron chi connectivity index (χ3n) is 5.54. The maximum atomic E-state index is 13.3. The second kappa shape index (κ2) is 14.2. The molecule has 5 atom stereocenters. The van der Waals surface area contributed by atoms with Crippen LogP contribution in [-0.4, -0.2) is 75.0 Å². The Hall–Kier alpha value is -3.61. The summed E-state index contributed by atoms with van der Waals surface area (Å²) in [5.74, 6) is -3.68. The lowest BCUT2D eigenvalue weighted by Gasteiger charge is -2.25. The van der Waals surface area contributed by atoms with Gasteiger partial charge in [-0.1, -0.05) is 42.5 Å². The highest BCUT2D eigenvalue weighted by Gasteiger charge is 2.31. The third kappa shape index (κ3) is 9.41. The van der Waals surface area contributed by atoms with Crippen molar-refractivity contribution in [1.29, 1.82) is 0 Å². The molecule has 0 aliphatic heterocycles. The minimum absolute atomic E-state index is 0.0154. The molecule has 0 aliphatic carbocycles. The van der Waals surface area contributed by atoms with Crippen molar-refractivity contribution in [3.05, 3.63) is 65.7 Å². The minimum Gasteiger partial charge on any atom is -0.508 e. The molecular formula is C25H32N4O7S. The Bertz CT molecular complexity index is 1070. The number of thiol groups is 1. The lowest BCUT2D eigenvalue weighted by molar-refractivity contribution is -0.141. The smallest absolute Gasteiger partial charge is 0.327 e. The van der Waals surface area contributed by atoms with Crippen molar-refractivity contribution < 1.29 is 34.5 Å². The summed E-state index contributed by atoms with van der Waals surface area (Å²) in [7, 11) is 0. The SMILES string of the molecule is CC(O)C(N)C(=O)NC(Cc1ccc(O)cc1)C(=O)NC(Cc1ccccc1)C(=O)NC(CS)C(=O)O. The Labute approximate surface area is 219 Å². The van der Waals surface area contributed by atoms with Crippen LogP contribution >= 0.6 is 12.6 Å². The number of hydrogen-bond acceptors (Lipinski definition) is 8. The van der Waals surface area contributed by atoms with E-state index in [0.717, 1.165) is 0 Å².